The van der Waals surface area contributed by atoms with Crippen molar-refractivity contribution in [3.63, 3.8) is 0 Å². The Morgan fingerprint density at radius 2 is 1.65 bits per heavy atom. The number of carbonyl (C=O) groups excluding carboxylic acids is 1. The minimum Gasteiger partial charge on any atom is -0.380 e. The highest BCUT2D eigenvalue weighted by Crippen LogP contribution is 2.16. The maximum Gasteiger partial charge on any atom is 0.252 e. The Hall–Kier alpha value is -2.18. The molecular formula is C17H19NO4S. The van der Waals surface area contributed by atoms with Gasteiger partial charge in [0.25, 0.3) is 5.91 Å². The highest BCUT2D eigenvalue weighted by Gasteiger charge is 2.18. The van der Waals surface area contributed by atoms with Crippen molar-refractivity contribution in [1.29, 1.82) is 0 Å². The summed E-state index contributed by atoms with van der Waals surface area (Å²) in [6.45, 7) is 0.752. The lowest BCUT2D eigenvalue weighted by Crippen LogP contribution is -2.25. The van der Waals surface area contributed by atoms with Crippen LogP contribution in [0.3, 0.4) is 0 Å². The quantitative estimate of drug-likeness (QED) is 0.879. The van der Waals surface area contributed by atoms with Gasteiger partial charge in [0, 0.05) is 19.9 Å². The van der Waals surface area contributed by atoms with Crippen molar-refractivity contribution in [2.75, 3.05) is 13.4 Å². The first kappa shape index (κ1) is 17.2. The molecule has 2 rings (SSSR count). The highest BCUT2D eigenvalue weighted by atomic mass is 32.2. The fourth-order valence-corrected chi connectivity index (χ4v) is 3.16. The number of amides is 1. The molecule has 1 N–H and O–H groups in total. The number of hydrogen-bond donors (Lipinski definition) is 1. The van der Waals surface area contributed by atoms with Crippen molar-refractivity contribution < 1.29 is 17.9 Å². The number of hydrogen-bond acceptors (Lipinski definition) is 4. The maximum absolute atomic E-state index is 12.3. The van der Waals surface area contributed by atoms with Crippen LogP contribution in [0.4, 0.5) is 0 Å². The zero-order chi connectivity index (χ0) is 16.9. The summed E-state index contributed by atoms with van der Waals surface area (Å²) in [6, 6.07) is 13.8. The van der Waals surface area contributed by atoms with E-state index in [1.165, 1.54) is 12.1 Å². The number of rotatable bonds is 6. The Balaban J connectivity index is 2.19. The fraction of sp³-hybridized carbons (Fsp3) is 0.235. The molecule has 5 nitrogen and oxygen atoms in total. The molecule has 6 heteroatoms. The van der Waals surface area contributed by atoms with Gasteiger partial charge in [0.2, 0.25) is 0 Å². The predicted molar refractivity (Wildman–Crippen MR) is 87.9 cm³/mol. The Morgan fingerprint density at radius 1 is 1.04 bits per heavy atom. The largest absolute Gasteiger partial charge is 0.380 e. The van der Waals surface area contributed by atoms with Gasteiger partial charge in [-0.3, -0.25) is 4.79 Å². The number of benzene rings is 2. The van der Waals surface area contributed by atoms with Gasteiger partial charge >= 0.3 is 0 Å². The molecule has 0 atom stereocenters. The first-order chi connectivity index (χ1) is 10.9. The van der Waals surface area contributed by atoms with E-state index in [9.17, 15) is 13.2 Å². The smallest absolute Gasteiger partial charge is 0.252 e. The first-order valence-electron chi connectivity index (χ1n) is 7.06. The standard InChI is InChI=1S/C17H19NO4S/c1-22-12-14-8-4-3-7-13(14)11-18-17(19)15-9-5-6-10-16(15)23(2,20)21/h3-10H,11-12H2,1-2H3,(H,18,19). The third-order valence-corrected chi connectivity index (χ3v) is 4.54. The van der Waals surface area contributed by atoms with Crippen LogP contribution in [-0.4, -0.2) is 27.7 Å². The molecule has 0 aromatic heterocycles. The van der Waals surface area contributed by atoms with Crippen LogP contribution >= 0.6 is 0 Å². The van der Waals surface area contributed by atoms with E-state index in [0.717, 1.165) is 17.4 Å². The Bertz CT molecular complexity index is 800. The van der Waals surface area contributed by atoms with Gasteiger partial charge in [-0.25, -0.2) is 8.42 Å². The van der Waals surface area contributed by atoms with E-state index in [-0.39, 0.29) is 10.5 Å². The van der Waals surface area contributed by atoms with E-state index >= 15 is 0 Å². The molecule has 2 aromatic rings. The number of carbonyl (C=O) groups is 1. The molecule has 0 radical (unpaired) electrons. The maximum atomic E-state index is 12.3. The van der Waals surface area contributed by atoms with Crippen LogP contribution in [0.15, 0.2) is 53.4 Å². The second-order valence-electron chi connectivity index (χ2n) is 5.15. The molecule has 0 bridgehead atoms. The summed E-state index contributed by atoms with van der Waals surface area (Å²) in [4.78, 5) is 12.4. The first-order valence-corrected chi connectivity index (χ1v) is 8.95. The van der Waals surface area contributed by atoms with Crippen molar-refractivity contribution >= 4 is 15.7 Å². The van der Waals surface area contributed by atoms with Gasteiger partial charge in [-0.05, 0) is 23.3 Å². The van der Waals surface area contributed by atoms with E-state index in [1.54, 1.807) is 19.2 Å². The van der Waals surface area contributed by atoms with E-state index in [1.807, 2.05) is 24.3 Å². The zero-order valence-electron chi connectivity index (χ0n) is 13.1. The van der Waals surface area contributed by atoms with Gasteiger partial charge in [0.15, 0.2) is 9.84 Å². The summed E-state index contributed by atoms with van der Waals surface area (Å²) in [7, 11) is -1.85. The van der Waals surface area contributed by atoms with Gasteiger partial charge in [0.1, 0.15) is 0 Å². The summed E-state index contributed by atoms with van der Waals surface area (Å²) in [5.74, 6) is -0.418. The lowest BCUT2D eigenvalue weighted by Gasteiger charge is -2.11. The molecule has 0 saturated heterocycles. The number of sulfone groups is 1. The number of methoxy groups -OCH3 is 1. The average Bonchev–Trinajstić information content (AvgIpc) is 2.53. The lowest BCUT2D eigenvalue weighted by molar-refractivity contribution is 0.0947. The minimum absolute atomic E-state index is 0.0303. The van der Waals surface area contributed by atoms with Crippen LogP contribution < -0.4 is 5.32 Å². The van der Waals surface area contributed by atoms with Crippen LogP contribution in [-0.2, 0) is 27.7 Å². The van der Waals surface area contributed by atoms with E-state index in [0.29, 0.717) is 13.2 Å². The Kier molecular flexibility index (Phi) is 5.52. The van der Waals surface area contributed by atoms with Gasteiger partial charge in [-0.15, -0.1) is 0 Å². The van der Waals surface area contributed by atoms with Gasteiger partial charge in [0.05, 0.1) is 17.1 Å². The Morgan fingerprint density at radius 3 is 2.30 bits per heavy atom. The lowest BCUT2D eigenvalue weighted by atomic mass is 10.1. The number of ether oxygens (including phenoxy) is 1. The molecule has 0 aliphatic rings. The number of nitrogens with one attached hydrogen (secondary N) is 1. The van der Waals surface area contributed by atoms with Crippen LogP contribution in [0.25, 0.3) is 0 Å². The summed E-state index contributed by atoms with van der Waals surface area (Å²) in [5.41, 5.74) is 2.06. The highest BCUT2D eigenvalue weighted by molar-refractivity contribution is 7.90. The van der Waals surface area contributed by atoms with E-state index < -0.39 is 15.7 Å². The van der Waals surface area contributed by atoms with Crippen LogP contribution in [0.2, 0.25) is 0 Å². The third kappa shape index (κ3) is 4.40. The van der Waals surface area contributed by atoms with Crippen molar-refractivity contribution in [2.45, 2.75) is 18.0 Å². The monoisotopic (exact) mass is 333 g/mol. The normalized spacial score (nSPS) is 11.2. The molecule has 23 heavy (non-hydrogen) atoms. The minimum atomic E-state index is -3.46. The molecule has 0 aliphatic heterocycles. The zero-order valence-corrected chi connectivity index (χ0v) is 13.9. The van der Waals surface area contributed by atoms with Gasteiger partial charge in [-0.1, -0.05) is 36.4 Å². The van der Waals surface area contributed by atoms with Crippen LogP contribution in [0.1, 0.15) is 21.5 Å². The van der Waals surface area contributed by atoms with Crippen molar-refractivity contribution in [1.82, 2.24) is 5.32 Å². The van der Waals surface area contributed by atoms with Crippen LogP contribution in [0, 0.1) is 0 Å². The molecule has 0 saturated carbocycles. The molecule has 2 aromatic carbocycles. The Labute approximate surface area is 136 Å². The second kappa shape index (κ2) is 7.39. The van der Waals surface area contributed by atoms with Crippen LogP contribution in [0.5, 0.6) is 0 Å². The van der Waals surface area contributed by atoms with Gasteiger partial charge in [-0.2, -0.15) is 0 Å². The molecule has 1 amide bonds. The second-order valence-corrected chi connectivity index (χ2v) is 7.14. The molecule has 0 heterocycles. The third-order valence-electron chi connectivity index (χ3n) is 3.39. The fourth-order valence-electron chi connectivity index (χ4n) is 2.27. The van der Waals surface area contributed by atoms with E-state index in [2.05, 4.69) is 5.32 Å². The van der Waals surface area contributed by atoms with Crippen molar-refractivity contribution in [3.8, 4) is 0 Å². The molecule has 122 valence electrons. The summed E-state index contributed by atoms with van der Waals surface area (Å²) in [5, 5.41) is 2.77. The summed E-state index contributed by atoms with van der Waals surface area (Å²) < 4.78 is 28.7. The average molecular weight is 333 g/mol. The molecule has 0 spiro atoms. The summed E-state index contributed by atoms with van der Waals surface area (Å²) in [6.07, 6.45) is 1.09. The van der Waals surface area contributed by atoms with E-state index in [4.69, 9.17) is 4.74 Å². The van der Waals surface area contributed by atoms with Crippen molar-refractivity contribution in [2.24, 2.45) is 0 Å². The topological polar surface area (TPSA) is 72.5 Å². The SMILES string of the molecule is COCc1ccccc1CNC(=O)c1ccccc1S(C)(=O)=O. The molecular weight excluding hydrogens is 314 g/mol. The predicted octanol–water partition coefficient (Wildman–Crippen LogP) is 2.17. The van der Waals surface area contributed by atoms with Crippen molar-refractivity contribution in [3.05, 3.63) is 65.2 Å². The summed E-state index contributed by atoms with van der Waals surface area (Å²) >= 11 is 0. The molecule has 0 unspecified atom stereocenters. The molecule has 0 aliphatic carbocycles. The molecule has 0 fully saturated rings. The van der Waals surface area contributed by atoms with Gasteiger partial charge < -0.3 is 10.1 Å².